The molecule has 2 rings (SSSR count). The molecular weight excluding hydrogens is 358 g/mol. The molecule has 1 aromatic rings. The third kappa shape index (κ3) is 5.57. The maximum absolute atomic E-state index is 13.2. The molecule has 1 fully saturated rings. The number of hydrogen-bond donors (Lipinski definition) is 1. The van der Waals surface area contributed by atoms with E-state index in [0.29, 0.717) is 36.7 Å². The van der Waals surface area contributed by atoms with Gasteiger partial charge in [0.25, 0.3) is 5.91 Å². The van der Waals surface area contributed by atoms with Crippen LogP contribution in [-0.2, 0) is 20.8 Å². The number of methoxy groups -OCH3 is 1. The van der Waals surface area contributed by atoms with Gasteiger partial charge in [-0.1, -0.05) is 17.7 Å². The normalized spacial score (nSPS) is 19.8. The Morgan fingerprint density at radius 2 is 2.25 bits per heavy atom. The Bertz CT molecular complexity index is 548. The minimum Gasteiger partial charge on any atom is -0.383 e. The fourth-order valence-electron chi connectivity index (χ4n) is 2.59. The summed E-state index contributed by atoms with van der Waals surface area (Å²) in [6.07, 6.45) is 0.881. The second-order valence-corrected chi connectivity index (χ2v) is 5.96. The maximum Gasteiger partial charge on any atom is 0.252 e. The van der Waals surface area contributed by atoms with Crippen molar-refractivity contribution in [3.63, 3.8) is 0 Å². The number of ether oxygens (including phenoxy) is 2. The summed E-state index contributed by atoms with van der Waals surface area (Å²) in [5.74, 6) is -0.517. The summed E-state index contributed by atoms with van der Waals surface area (Å²) in [6, 6.07) is 4.16. The van der Waals surface area contributed by atoms with E-state index < -0.39 is 11.9 Å². The van der Waals surface area contributed by atoms with Gasteiger partial charge < -0.3 is 20.1 Å². The summed E-state index contributed by atoms with van der Waals surface area (Å²) in [6.45, 7) is 1.51. The van der Waals surface area contributed by atoms with E-state index in [9.17, 15) is 9.18 Å². The number of nitrogens with two attached hydrogens (primary N) is 1. The Kier molecular flexibility index (Phi) is 8.94. The number of nitrogens with zero attached hydrogens (tertiary/aromatic N) is 1. The molecule has 1 amide bonds. The van der Waals surface area contributed by atoms with Crippen LogP contribution in [0.25, 0.3) is 0 Å². The van der Waals surface area contributed by atoms with Crippen LogP contribution in [0.4, 0.5) is 4.39 Å². The Morgan fingerprint density at radius 3 is 2.83 bits per heavy atom. The summed E-state index contributed by atoms with van der Waals surface area (Å²) < 4.78 is 23.9. The first-order valence-electron chi connectivity index (χ1n) is 7.62. The number of carbonyl (C=O) groups is 1. The Balaban J connectivity index is 0.00000288. The highest BCUT2D eigenvalue weighted by atomic mass is 35.5. The van der Waals surface area contributed by atoms with Gasteiger partial charge >= 0.3 is 0 Å². The lowest BCUT2D eigenvalue weighted by Gasteiger charge is -2.26. The molecule has 0 aliphatic carbocycles. The minimum atomic E-state index is -0.486. The zero-order chi connectivity index (χ0) is 16.8. The number of rotatable bonds is 7. The van der Waals surface area contributed by atoms with Gasteiger partial charge in [0, 0.05) is 31.8 Å². The van der Waals surface area contributed by atoms with Gasteiger partial charge in [-0.05, 0) is 30.5 Å². The van der Waals surface area contributed by atoms with Gasteiger partial charge in [-0.2, -0.15) is 0 Å². The fourth-order valence-corrected chi connectivity index (χ4v) is 2.82. The SMILES string of the molecule is COCCN(Cc1ccc(F)cc1Cl)C(=O)[C@@H]1CC[C@H](CN)O1.Cl. The summed E-state index contributed by atoms with van der Waals surface area (Å²) in [4.78, 5) is 14.3. The van der Waals surface area contributed by atoms with Crippen LogP contribution in [-0.4, -0.2) is 49.8 Å². The molecule has 1 aromatic carbocycles. The predicted octanol–water partition coefficient (Wildman–Crippen LogP) is 2.38. The molecule has 2 atom stereocenters. The highest BCUT2D eigenvalue weighted by Crippen LogP contribution is 2.23. The van der Waals surface area contributed by atoms with E-state index in [1.807, 2.05) is 0 Å². The van der Waals surface area contributed by atoms with Crippen LogP contribution in [0.5, 0.6) is 0 Å². The van der Waals surface area contributed by atoms with Crippen molar-refractivity contribution in [2.45, 2.75) is 31.6 Å². The van der Waals surface area contributed by atoms with Crippen molar-refractivity contribution in [3.8, 4) is 0 Å². The lowest BCUT2D eigenvalue weighted by atomic mass is 10.1. The predicted molar refractivity (Wildman–Crippen MR) is 92.9 cm³/mol. The van der Waals surface area contributed by atoms with Crippen LogP contribution in [0.2, 0.25) is 5.02 Å². The van der Waals surface area contributed by atoms with Crippen LogP contribution in [0, 0.1) is 5.82 Å². The summed E-state index contributed by atoms with van der Waals surface area (Å²) in [5, 5.41) is 0.299. The maximum atomic E-state index is 13.2. The number of amides is 1. The van der Waals surface area contributed by atoms with Crippen molar-refractivity contribution >= 4 is 29.9 Å². The van der Waals surface area contributed by atoms with Gasteiger partial charge in [0.15, 0.2) is 0 Å². The average Bonchev–Trinajstić information content (AvgIpc) is 3.01. The van der Waals surface area contributed by atoms with Gasteiger partial charge in [0.05, 0.1) is 12.7 Å². The first kappa shape index (κ1) is 21.1. The molecule has 136 valence electrons. The average molecular weight is 381 g/mol. The minimum absolute atomic E-state index is 0. The molecule has 24 heavy (non-hydrogen) atoms. The molecule has 0 radical (unpaired) electrons. The van der Waals surface area contributed by atoms with Gasteiger partial charge in [-0.25, -0.2) is 4.39 Å². The summed E-state index contributed by atoms with van der Waals surface area (Å²) in [7, 11) is 1.57. The highest BCUT2D eigenvalue weighted by molar-refractivity contribution is 6.31. The molecule has 0 bridgehead atoms. The van der Waals surface area contributed by atoms with Crippen molar-refractivity contribution in [3.05, 3.63) is 34.6 Å². The Hall–Kier alpha value is -0.920. The monoisotopic (exact) mass is 380 g/mol. The van der Waals surface area contributed by atoms with Crippen molar-refractivity contribution in [1.82, 2.24) is 4.90 Å². The molecular formula is C16H23Cl2FN2O3. The molecule has 0 spiro atoms. The molecule has 1 aliphatic rings. The number of carbonyl (C=O) groups excluding carboxylic acids is 1. The van der Waals surface area contributed by atoms with E-state index in [1.54, 1.807) is 18.1 Å². The standard InChI is InChI=1S/C16H22ClFN2O3.ClH/c1-22-7-6-20(10-11-2-3-12(18)8-14(11)17)16(21)15-5-4-13(9-19)23-15;/h2-3,8,13,15H,4-7,9-10,19H2,1H3;1H/t13-,15+;/m1./s1. The largest absolute Gasteiger partial charge is 0.383 e. The Morgan fingerprint density at radius 1 is 1.50 bits per heavy atom. The smallest absolute Gasteiger partial charge is 0.252 e. The molecule has 1 heterocycles. The molecule has 0 unspecified atom stereocenters. The lowest BCUT2D eigenvalue weighted by Crippen LogP contribution is -2.41. The third-order valence-electron chi connectivity index (χ3n) is 3.90. The van der Waals surface area contributed by atoms with E-state index in [-0.39, 0.29) is 31.0 Å². The molecule has 1 aliphatic heterocycles. The van der Waals surface area contributed by atoms with Crippen LogP contribution in [0.1, 0.15) is 18.4 Å². The molecule has 8 heteroatoms. The van der Waals surface area contributed by atoms with Crippen molar-refractivity contribution < 1.29 is 18.7 Å². The van der Waals surface area contributed by atoms with E-state index in [0.717, 1.165) is 6.42 Å². The summed E-state index contributed by atoms with van der Waals surface area (Å²) >= 11 is 6.06. The lowest BCUT2D eigenvalue weighted by molar-refractivity contribution is -0.144. The van der Waals surface area contributed by atoms with E-state index in [1.165, 1.54) is 12.1 Å². The topological polar surface area (TPSA) is 64.8 Å². The number of hydrogen-bond acceptors (Lipinski definition) is 4. The quantitative estimate of drug-likeness (QED) is 0.788. The molecule has 0 aromatic heterocycles. The van der Waals surface area contributed by atoms with Gasteiger partial charge in [0.1, 0.15) is 11.9 Å². The van der Waals surface area contributed by atoms with Gasteiger partial charge in [-0.15, -0.1) is 12.4 Å². The number of benzene rings is 1. The van der Waals surface area contributed by atoms with E-state index >= 15 is 0 Å². The highest BCUT2D eigenvalue weighted by Gasteiger charge is 2.33. The fraction of sp³-hybridized carbons (Fsp3) is 0.562. The van der Waals surface area contributed by atoms with Crippen molar-refractivity contribution in [1.29, 1.82) is 0 Å². The second kappa shape index (κ2) is 10.2. The van der Waals surface area contributed by atoms with Gasteiger partial charge in [0.2, 0.25) is 0 Å². The molecule has 5 nitrogen and oxygen atoms in total. The van der Waals surface area contributed by atoms with Crippen LogP contribution in [0.3, 0.4) is 0 Å². The zero-order valence-electron chi connectivity index (χ0n) is 13.5. The second-order valence-electron chi connectivity index (χ2n) is 5.55. The Labute approximate surface area is 152 Å². The van der Waals surface area contributed by atoms with Crippen LogP contribution >= 0.6 is 24.0 Å². The van der Waals surface area contributed by atoms with Crippen molar-refractivity contribution in [2.75, 3.05) is 26.8 Å². The van der Waals surface area contributed by atoms with E-state index in [2.05, 4.69) is 0 Å². The molecule has 1 saturated heterocycles. The summed E-state index contributed by atoms with van der Waals surface area (Å²) in [5.41, 5.74) is 6.27. The third-order valence-corrected chi connectivity index (χ3v) is 4.25. The molecule has 2 N–H and O–H groups in total. The first-order valence-corrected chi connectivity index (χ1v) is 8.00. The van der Waals surface area contributed by atoms with Gasteiger partial charge in [-0.3, -0.25) is 4.79 Å². The molecule has 0 saturated carbocycles. The zero-order valence-corrected chi connectivity index (χ0v) is 15.1. The first-order chi connectivity index (χ1) is 11.0. The van der Waals surface area contributed by atoms with Crippen molar-refractivity contribution in [2.24, 2.45) is 5.73 Å². The van der Waals surface area contributed by atoms with E-state index in [4.69, 9.17) is 26.8 Å². The van der Waals surface area contributed by atoms with Crippen LogP contribution in [0.15, 0.2) is 18.2 Å². The van der Waals surface area contributed by atoms with Crippen LogP contribution < -0.4 is 5.73 Å². The number of halogens is 3.